The van der Waals surface area contributed by atoms with Gasteiger partial charge in [0.05, 0.1) is 19.4 Å². The minimum Gasteiger partial charge on any atom is -0.497 e. The van der Waals surface area contributed by atoms with Crippen molar-refractivity contribution in [2.24, 2.45) is 0 Å². The summed E-state index contributed by atoms with van der Waals surface area (Å²) in [7, 11) is 1.64. The molecule has 0 saturated heterocycles. The van der Waals surface area contributed by atoms with Crippen molar-refractivity contribution >= 4 is 33.0 Å². The lowest BCUT2D eigenvalue weighted by Gasteiger charge is -2.12. The minimum atomic E-state index is 0.640. The lowest BCUT2D eigenvalue weighted by molar-refractivity contribution is 0.319. The van der Waals surface area contributed by atoms with E-state index in [4.69, 9.17) is 15.2 Å². The van der Waals surface area contributed by atoms with Crippen LogP contribution in [0.5, 0.6) is 11.5 Å². The molecule has 3 N–H and O–H groups in total. The predicted octanol–water partition coefficient (Wildman–Crippen LogP) is 4.57. The molecular weight excluding hydrogens is 332 g/mol. The van der Waals surface area contributed by atoms with Gasteiger partial charge in [-0.3, -0.25) is 0 Å². The van der Waals surface area contributed by atoms with Crippen molar-refractivity contribution in [3.05, 3.63) is 40.9 Å². The standard InChI is InChI=1S/C16H19BrN2O2/c1-3-6-21-16-10-12(4-5-15(16)18)19-13-7-11(17)8-14(9-13)20-2/h4-5,7-10,19H,3,6,18H2,1-2H3. The van der Waals surface area contributed by atoms with E-state index in [2.05, 4.69) is 28.2 Å². The largest absolute Gasteiger partial charge is 0.497 e. The first-order valence-electron chi connectivity index (χ1n) is 6.76. The Morgan fingerprint density at radius 2 is 1.95 bits per heavy atom. The SMILES string of the molecule is CCCOc1cc(Nc2cc(Br)cc(OC)c2)ccc1N. The Labute approximate surface area is 133 Å². The van der Waals surface area contributed by atoms with E-state index in [-0.39, 0.29) is 0 Å². The number of hydrogen-bond acceptors (Lipinski definition) is 4. The lowest BCUT2D eigenvalue weighted by atomic mass is 10.2. The van der Waals surface area contributed by atoms with Crippen LogP contribution in [0.4, 0.5) is 17.1 Å². The fourth-order valence-corrected chi connectivity index (χ4v) is 2.34. The maximum Gasteiger partial charge on any atom is 0.144 e. The van der Waals surface area contributed by atoms with Gasteiger partial charge in [-0.25, -0.2) is 0 Å². The molecular formula is C16H19BrN2O2. The van der Waals surface area contributed by atoms with Gasteiger partial charge in [0.1, 0.15) is 11.5 Å². The molecule has 0 aliphatic rings. The maximum atomic E-state index is 5.91. The highest BCUT2D eigenvalue weighted by Gasteiger charge is 2.04. The Kier molecular flexibility index (Phi) is 5.33. The summed E-state index contributed by atoms with van der Waals surface area (Å²) < 4.78 is 11.8. The topological polar surface area (TPSA) is 56.5 Å². The van der Waals surface area contributed by atoms with E-state index in [1.165, 1.54) is 0 Å². The summed E-state index contributed by atoms with van der Waals surface area (Å²) in [4.78, 5) is 0. The molecule has 0 spiro atoms. The van der Waals surface area contributed by atoms with Crippen molar-refractivity contribution < 1.29 is 9.47 Å². The number of hydrogen-bond donors (Lipinski definition) is 2. The monoisotopic (exact) mass is 350 g/mol. The molecule has 0 atom stereocenters. The van der Waals surface area contributed by atoms with Crippen LogP contribution in [-0.2, 0) is 0 Å². The first-order chi connectivity index (χ1) is 10.1. The summed E-state index contributed by atoms with van der Waals surface area (Å²) >= 11 is 3.46. The first-order valence-corrected chi connectivity index (χ1v) is 7.55. The molecule has 4 nitrogen and oxygen atoms in total. The van der Waals surface area contributed by atoms with E-state index in [1.54, 1.807) is 7.11 Å². The third-order valence-electron chi connectivity index (χ3n) is 2.87. The summed E-state index contributed by atoms with van der Waals surface area (Å²) in [5.74, 6) is 1.48. The summed E-state index contributed by atoms with van der Waals surface area (Å²) in [6.07, 6.45) is 0.944. The van der Waals surface area contributed by atoms with Crippen molar-refractivity contribution in [2.45, 2.75) is 13.3 Å². The van der Waals surface area contributed by atoms with Crippen molar-refractivity contribution in [3.63, 3.8) is 0 Å². The van der Waals surface area contributed by atoms with Crippen molar-refractivity contribution in [2.75, 3.05) is 24.8 Å². The second kappa shape index (κ2) is 7.22. The number of benzene rings is 2. The number of rotatable bonds is 6. The van der Waals surface area contributed by atoms with Gasteiger partial charge in [0.2, 0.25) is 0 Å². The van der Waals surface area contributed by atoms with Gasteiger partial charge >= 0.3 is 0 Å². The molecule has 2 aromatic carbocycles. The molecule has 0 fully saturated rings. The van der Waals surface area contributed by atoms with Gasteiger partial charge in [-0.05, 0) is 30.7 Å². The minimum absolute atomic E-state index is 0.640. The van der Waals surface area contributed by atoms with E-state index < -0.39 is 0 Å². The average Bonchev–Trinajstić information content (AvgIpc) is 2.47. The number of nitrogen functional groups attached to an aromatic ring is 1. The van der Waals surface area contributed by atoms with Crippen molar-refractivity contribution in [1.29, 1.82) is 0 Å². The van der Waals surface area contributed by atoms with E-state index in [9.17, 15) is 0 Å². The Hall–Kier alpha value is -1.88. The van der Waals surface area contributed by atoms with Crippen LogP contribution in [0.3, 0.4) is 0 Å². The van der Waals surface area contributed by atoms with Gasteiger partial charge < -0.3 is 20.5 Å². The quantitative estimate of drug-likeness (QED) is 0.749. The van der Waals surface area contributed by atoms with E-state index in [1.807, 2.05) is 36.4 Å². The molecule has 0 unspecified atom stereocenters. The van der Waals surface area contributed by atoms with Gasteiger partial charge in [0.15, 0.2) is 0 Å². The number of nitrogens with two attached hydrogens (primary N) is 1. The number of halogens is 1. The van der Waals surface area contributed by atoms with Crippen LogP contribution in [0.1, 0.15) is 13.3 Å². The Morgan fingerprint density at radius 1 is 1.14 bits per heavy atom. The predicted molar refractivity (Wildman–Crippen MR) is 90.6 cm³/mol. The van der Waals surface area contributed by atoms with Crippen LogP contribution in [0, 0.1) is 0 Å². The summed E-state index contributed by atoms with van der Waals surface area (Å²) in [5, 5.41) is 3.32. The van der Waals surface area contributed by atoms with E-state index >= 15 is 0 Å². The fourth-order valence-electron chi connectivity index (χ4n) is 1.87. The molecule has 112 valence electrons. The van der Waals surface area contributed by atoms with Crippen molar-refractivity contribution in [3.8, 4) is 11.5 Å². The van der Waals surface area contributed by atoms with E-state index in [0.717, 1.165) is 28.0 Å². The highest BCUT2D eigenvalue weighted by Crippen LogP contribution is 2.30. The molecule has 0 radical (unpaired) electrons. The van der Waals surface area contributed by atoms with Crippen LogP contribution in [0.15, 0.2) is 40.9 Å². The van der Waals surface area contributed by atoms with Gasteiger partial charge in [0.25, 0.3) is 0 Å². The molecule has 0 saturated carbocycles. The molecule has 0 aliphatic heterocycles. The van der Waals surface area contributed by atoms with Crippen LogP contribution < -0.4 is 20.5 Å². The van der Waals surface area contributed by atoms with E-state index in [0.29, 0.717) is 18.0 Å². The summed E-state index contributed by atoms with van der Waals surface area (Å²) in [5.41, 5.74) is 8.39. The molecule has 0 heterocycles. The highest BCUT2D eigenvalue weighted by molar-refractivity contribution is 9.10. The Morgan fingerprint density at radius 3 is 2.67 bits per heavy atom. The molecule has 0 bridgehead atoms. The first kappa shape index (κ1) is 15.5. The van der Waals surface area contributed by atoms with Gasteiger partial charge in [-0.15, -0.1) is 0 Å². The number of ether oxygens (including phenoxy) is 2. The Balaban J connectivity index is 2.21. The molecule has 5 heteroatoms. The smallest absolute Gasteiger partial charge is 0.144 e. The van der Waals surface area contributed by atoms with Crippen LogP contribution >= 0.6 is 15.9 Å². The Bertz CT molecular complexity index is 617. The fraction of sp³-hybridized carbons (Fsp3) is 0.250. The second-order valence-electron chi connectivity index (χ2n) is 4.61. The number of nitrogens with one attached hydrogen (secondary N) is 1. The molecule has 2 rings (SSSR count). The van der Waals surface area contributed by atoms with Gasteiger partial charge in [-0.2, -0.15) is 0 Å². The normalized spacial score (nSPS) is 10.2. The van der Waals surface area contributed by atoms with Crippen molar-refractivity contribution in [1.82, 2.24) is 0 Å². The lowest BCUT2D eigenvalue weighted by Crippen LogP contribution is -2.00. The number of methoxy groups -OCH3 is 1. The third-order valence-corrected chi connectivity index (χ3v) is 3.33. The van der Waals surface area contributed by atoms with Gasteiger partial charge in [-0.1, -0.05) is 22.9 Å². The molecule has 2 aromatic rings. The summed E-state index contributed by atoms with van der Waals surface area (Å²) in [6.45, 7) is 2.71. The zero-order valence-electron chi connectivity index (χ0n) is 12.2. The second-order valence-corrected chi connectivity index (χ2v) is 5.52. The highest BCUT2D eigenvalue weighted by atomic mass is 79.9. The molecule has 0 aromatic heterocycles. The zero-order valence-corrected chi connectivity index (χ0v) is 13.7. The summed E-state index contributed by atoms with van der Waals surface area (Å²) in [6, 6.07) is 11.5. The molecule has 0 aliphatic carbocycles. The zero-order chi connectivity index (χ0) is 15.2. The maximum absolute atomic E-state index is 5.91. The average molecular weight is 351 g/mol. The van der Waals surface area contributed by atoms with Crippen LogP contribution in [-0.4, -0.2) is 13.7 Å². The van der Waals surface area contributed by atoms with Crippen LogP contribution in [0.2, 0.25) is 0 Å². The number of anilines is 3. The molecule has 21 heavy (non-hydrogen) atoms. The van der Waals surface area contributed by atoms with Gasteiger partial charge in [0, 0.05) is 28.0 Å². The van der Waals surface area contributed by atoms with Crippen LogP contribution in [0.25, 0.3) is 0 Å². The molecule has 0 amide bonds. The third kappa shape index (κ3) is 4.29.